The van der Waals surface area contributed by atoms with Crippen molar-refractivity contribution in [2.24, 2.45) is 5.92 Å². The zero-order chi connectivity index (χ0) is 20.8. The molecule has 0 aliphatic carbocycles. The summed E-state index contributed by atoms with van der Waals surface area (Å²) in [4.78, 5) is 17.3. The highest BCUT2D eigenvalue weighted by Crippen LogP contribution is 2.44. The zero-order valence-electron chi connectivity index (χ0n) is 17.9. The first-order valence-corrected chi connectivity index (χ1v) is 10.6. The van der Waals surface area contributed by atoms with Crippen LogP contribution in [0.1, 0.15) is 44.5 Å². The van der Waals surface area contributed by atoms with E-state index in [1.165, 1.54) is 12.1 Å². The predicted octanol–water partition coefficient (Wildman–Crippen LogP) is 3.94. The minimum atomic E-state index is -0.203. The average molecular weight is 399 g/mol. The summed E-state index contributed by atoms with van der Waals surface area (Å²) in [5.41, 5.74) is 3.16. The number of benzene rings is 1. The molecule has 2 saturated heterocycles. The number of nitrogens with zero attached hydrogens (tertiary/aromatic N) is 4. The van der Waals surface area contributed by atoms with E-state index < -0.39 is 0 Å². The van der Waals surface area contributed by atoms with Gasteiger partial charge in [0.15, 0.2) is 0 Å². The molecule has 1 aromatic heterocycles. The first kappa shape index (κ1) is 19.9. The van der Waals surface area contributed by atoms with Crippen LogP contribution in [0.2, 0.25) is 0 Å². The highest BCUT2D eigenvalue weighted by Gasteiger charge is 2.48. The van der Waals surface area contributed by atoms with Crippen LogP contribution in [0.5, 0.6) is 0 Å². The Kier molecular flexibility index (Phi) is 5.13. The quantitative estimate of drug-likeness (QED) is 0.783. The monoisotopic (exact) mass is 398 g/mol. The number of fused-ring (bicyclic) bond motifs is 1. The zero-order valence-corrected chi connectivity index (χ0v) is 17.9. The van der Waals surface area contributed by atoms with E-state index >= 15 is 0 Å². The number of hydrogen-bond donors (Lipinski definition) is 0. The summed E-state index contributed by atoms with van der Waals surface area (Å²) in [5.74, 6) is 0.459. The Morgan fingerprint density at radius 3 is 2.62 bits per heavy atom. The minimum Gasteiger partial charge on any atom is -0.363 e. The van der Waals surface area contributed by atoms with Crippen LogP contribution in [-0.4, -0.2) is 45.3 Å². The van der Waals surface area contributed by atoms with Gasteiger partial charge >= 0.3 is 0 Å². The van der Waals surface area contributed by atoms with Crippen molar-refractivity contribution in [2.45, 2.75) is 65.1 Å². The maximum Gasteiger partial charge on any atom is 0.224 e. The number of piperidine rings is 1. The third-order valence-electron chi connectivity index (χ3n) is 6.54. The van der Waals surface area contributed by atoms with Crippen LogP contribution < -0.4 is 4.90 Å². The van der Waals surface area contributed by atoms with E-state index in [0.717, 1.165) is 43.0 Å². The molecule has 2 fully saturated rings. The Morgan fingerprint density at radius 2 is 1.97 bits per heavy atom. The molecule has 156 valence electrons. The number of carbonyl (C=O) groups is 1. The molecular formula is C23H31FN4O. The lowest BCUT2D eigenvalue weighted by molar-refractivity contribution is -0.133. The molecule has 0 unspecified atom stereocenters. The number of aryl methyl sites for hydroxylation is 3. The van der Waals surface area contributed by atoms with Gasteiger partial charge in [-0.2, -0.15) is 5.10 Å². The van der Waals surface area contributed by atoms with Crippen molar-refractivity contribution in [2.75, 3.05) is 18.0 Å². The first-order valence-electron chi connectivity index (χ1n) is 10.6. The van der Waals surface area contributed by atoms with Crippen LogP contribution in [0, 0.1) is 25.6 Å². The van der Waals surface area contributed by atoms with E-state index in [1.54, 1.807) is 0 Å². The molecule has 0 radical (unpaired) electrons. The first-order chi connectivity index (χ1) is 13.7. The fourth-order valence-electron chi connectivity index (χ4n) is 5.38. The van der Waals surface area contributed by atoms with Gasteiger partial charge in [-0.3, -0.25) is 9.48 Å². The van der Waals surface area contributed by atoms with Crippen LogP contribution in [0.25, 0.3) is 0 Å². The average Bonchev–Trinajstić information content (AvgIpc) is 3.13. The van der Waals surface area contributed by atoms with E-state index in [4.69, 9.17) is 0 Å². The molecule has 1 amide bonds. The second-order valence-corrected chi connectivity index (χ2v) is 9.22. The maximum absolute atomic E-state index is 13.4. The number of hydrogen-bond acceptors (Lipinski definition) is 3. The molecule has 2 aliphatic heterocycles. The Morgan fingerprint density at radius 1 is 1.24 bits per heavy atom. The summed E-state index contributed by atoms with van der Waals surface area (Å²) in [6.45, 7) is 10.7. The third-order valence-corrected chi connectivity index (χ3v) is 6.54. The molecule has 1 aromatic carbocycles. The Balaban J connectivity index is 1.42. The van der Waals surface area contributed by atoms with Crippen molar-refractivity contribution >= 4 is 11.6 Å². The molecule has 5 nitrogen and oxygen atoms in total. The molecule has 2 aliphatic rings. The summed E-state index contributed by atoms with van der Waals surface area (Å²) in [6, 6.07) is 9.28. The fraction of sp³-hybridized carbons (Fsp3) is 0.565. The van der Waals surface area contributed by atoms with Crippen molar-refractivity contribution in [3.05, 3.63) is 47.5 Å². The van der Waals surface area contributed by atoms with Gasteiger partial charge in [0.2, 0.25) is 5.91 Å². The number of halogens is 1. The summed E-state index contributed by atoms with van der Waals surface area (Å²) in [6.07, 6.45) is 2.48. The molecule has 0 spiro atoms. The number of likely N-dealkylation sites (tertiary alicyclic amines) is 1. The number of aromatic nitrogens is 2. The minimum absolute atomic E-state index is 0.00405. The summed E-state index contributed by atoms with van der Waals surface area (Å²) < 4.78 is 15.3. The molecule has 2 atom stereocenters. The molecule has 6 heteroatoms. The number of amides is 1. The van der Waals surface area contributed by atoms with Crippen LogP contribution in [0.3, 0.4) is 0 Å². The lowest BCUT2D eigenvalue weighted by Crippen LogP contribution is -2.50. The molecular weight excluding hydrogens is 367 g/mol. The topological polar surface area (TPSA) is 41.4 Å². The van der Waals surface area contributed by atoms with Gasteiger partial charge in [0, 0.05) is 49.0 Å². The van der Waals surface area contributed by atoms with Gasteiger partial charge in [0.05, 0.1) is 5.69 Å². The van der Waals surface area contributed by atoms with Gasteiger partial charge in [-0.1, -0.05) is 0 Å². The molecule has 4 rings (SSSR count). The number of anilines is 1. The molecule has 0 N–H and O–H groups in total. The SMILES string of the molecule is Cc1cc(C)n(CCC(=O)N2CC[C@H]3[C@@H](C2)CC(C)(C)N3c2ccc(F)cc2)n1. The van der Waals surface area contributed by atoms with E-state index in [2.05, 4.69) is 23.8 Å². The van der Waals surface area contributed by atoms with E-state index in [9.17, 15) is 9.18 Å². The highest BCUT2D eigenvalue weighted by atomic mass is 19.1. The second-order valence-electron chi connectivity index (χ2n) is 9.22. The third kappa shape index (κ3) is 3.89. The van der Waals surface area contributed by atoms with Gasteiger partial charge in [0.1, 0.15) is 5.82 Å². The van der Waals surface area contributed by atoms with E-state index in [1.807, 2.05) is 41.6 Å². The number of rotatable bonds is 4. The standard InChI is InChI=1S/C23H31FN4O/c1-16-13-17(2)27(25-16)12-10-22(29)26-11-9-21-18(15-26)14-23(3,4)28(21)20-7-5-19(24)6-8-20/h5-8,13,18,21H,9-12,14-15H2,1-4H3/t18-,21+/m1/s1. The smallest absolute Gasteiger partial charge is 0.224 e. The van der Waals surface area contributed by atoms with Gasteiger partial charge < -0.3 is 9.80 Å². The number of carbonyl (C=O) groups excluding carboxylic acids is 1. The molecule has 0 saturated carbocycles. The summed E-state index contributed by atoms with van der Waals surface area (Å²) in [5, 5.41) is 4.46. The van der Waals surface area contributed by atoms with Crippen molar-refractivity contribution in [1.82, 2.24) is 14.7 Å². The molecule has 2 aromatic rings. The van der Waals surface area contributed by atoms with Gasteiger partial charge in [0.25, 0.3) is 0 Å². The van der Waals surface area contributed by atoms with Crippen LogP contribution in [-0.2, 0) is 11.3 Å². The maximum atomic E-state index is 13.4. The predicted molar refractivity (Wildman–Crippen MR) is 112 cm³/mol. The lowest BCUT2D eigenvalue weighted by Gasteiger charge is -2.42. The largest absolute Gasteiger partial charge is 0.363 e. The molecule has 0 bridgehead atoms. The Bertz CT molecular complexity index is 889. The van der Waals surface area contributed by atoms with E-state index in [-0.39, 0.29) is 17.3 Å². The van der Waals surface area contributed by atoms with Crippen molar-refractivity contribution in [1.29, 1.82) is 0 Å². The summed E-state index contributed by atoms with van der Waals surface area (Å²) in [7, 11) is 0. The lowest BCUT2D eigenvalue weighted by atomic mass is 9.89. The van der Waals surface area contributed by atoms with Crippen molar-refractivity contribution in [3.8, 4) is 0 Å². The second kappa shape index (κ2) is 7.47. The van der Waals surface area contributed by atoms with Crippen LogP contribution >= 0.6 is 0 Å². The van der Waals surface area contributed by atoms with Gasteiger partial charge in [-0.15, -0.1) is 0 Å². The van der Waals surface area contributed by atoms with Gasteiger partial charge in [-0.05, 0) is 76.8 Å². The Hall–Kier alpha value is -2.37. The van der Waals surface area contributed by atoms with Gasteiger partial charge in [-0.25, -0.2) is 4.39 Å². The van der Waals surface area contributed by atoms with E-state index in [0.29, 0.717) is 24.9 Å². The van der Waals surface area contributed by atoms with Crippen molar-refractivity contribution in [3.63, 3.8) is 0 Å². The van der Waals surface area contributed by atoms with Crippen LogP contribution in [0.4, 0.5) is 10.1 Å². The normalized spacial score (nSPS) is 23.3. The Labute approximate surface area is 172 Å². The highest BCUT2D eigenvalue weighted by molar-refractivity contribution is 5.76. The van der Waals surface area contributed by atoms with Crippen molar-refractivity contribution < 1.29 is 9.18 Å². The van der Waals surface area contributed by atoms with Crippen LogP contribution in [0.15, 0.2) is 30.3 Å². The fourth-order valence-corrected chi connectivity index (χ4v) is 5.38. The molecule has 3 heterocycles. The summed E-state index contributed by atoms with van der Waals surface area (Å²) >= 11 is 0. The molecule has 29 heavy (non-hydrogen) atoms.